The van der Waals surface area contributed by atoms with Gasteiger partial charge in [-0.2, -0.15) is 0 Å². The number of ether oxygens (including phenoxy) is 2. The van der Waals surface area contributed by atoms with Crippen molar-refractivity contribution in [1.82, 2.24) is 0 Å². The van der Waals surface area contributed by atoms with Crippen LogP contribution in [0.4, 0.5) is 17.1 Å². The Morgan fingerprint density at radius 1 is 0.769 bits per heavy atom. The Hall–Kier alpha value is -4.25. The molecule has 2 aliphatic rings. The maximum Gasteiger partial charge on any atom is 0.340 e. The van der Waals surface area contributed by atoms with Crippen LogP contribution in [0.1, 0.15) is 65.9 Å². The zero-order chi connectivity index (χ0) is 27.5. The van der Waals surface area contributed by atoms with Crippen LogP contribution in [0, 0.1) is 13.8 Å². The molecule has 2 heterocycles. The molecule has 6 rings (SSSR count). The van der Waals surface area contributed by atoms with Gasteiger partial charge in [-0.3, -0.25) is 0 Å². The van der Waals surface area contributed by atoms with Crippen LogP contribution in [0.15, 0.2) is 78.9 Å². The number of hydrogen-bond acceptors (Lipinski definition) is 5. The highest BCUT2D eigenvalue weighted by molar-refractivity contribution is 5.97. The molecule has 0 amide bonds. The molecule has 0 fully saturated rings. The standard InChI is InChI=1S/C34H34N2O3/c1-20(2)36(21(3)4)25-14-15-28-32(18-25)38-31-17-23(6)30(35-24-11-9-10-22(5)16-24)19-29(31)34(28)27-13-8-7-12-26(27)33(37)39-34/h7-21,35H,1-6H3. The normalized spacial score (nSPS) is 17.0. The van der Waals surface area contributed by atoms with E-state index in [-0.39, 0.29) is 5.97 Å². The van der Waals surface area contributed by atoms with Crippen molar-refractivity contribution < 1.29 is 14.3 Å². The van der Waals surface area contributed by atoms with E-state index in [0.717, 1.165) is 39.3 Å². The molecule has 1 N–H and O–H groups in total. The van der Waals surface area contributed by atoms with Crippen LogP contribution >= 0.6 is 0 Å². The van der Waals surface area contributed by atoms with Crippen molar-refractivity contribution in [2.24, 2.45) is 0 Å². The number of esters is 1. The van der Waals surface area contributed by atoms with Crippen LogP contribution in [-0.4, -0.2) is 18.1 Å². The smallest absolute Gasteiger partial charge is 0.340 e. The van der Waals surface area contributed by atoms with Gasteiger partial charge in [-0.05, 0) is 95.1 Å². The van der Waals surface area contributed by atoms with E-state index in [4.69, 9.17) is 9.47 Å². The third-order valence-corrected chi connectivity index (χ3v) is 7.75. The highest BCUT2D eigenvalue weighted by Crippen LogP contribution is 2.57. The molecular weight excluding hydrogens is 484 g/mol. The minimum Gasteiger partial charge on any atom is -0.456 e. The topological polar surface area (TPSA) is 50.8 Å². The second kappa shape index (κ2) is 9.19. The molecule has 4 aromatic carbocycles. The minimum atomic E-state index is -1.10. The highest BCUT2D eigenvalue weighted by atomic mass is 16.6. The van der Waals surface area contributed by atoms with Gasteiger partial charge in [0.25, 0.3) is 0 Å². The lowest BCUT2D eigenvalue weighted by Crippen LogP contribution is -2.37. The Bertz CT molecular complexity index is 1600. The van der Waals surface area contributed by atoms with E-state index in [1.165, 1.54) is 5.56 Å². The number of fused-ring (bicyclic) bond motifs is 6. The SMILES string of the molecule is Cc1cccc(Nc2cc3c(cc2C)Oc2cc(N(C(C)C)C(C)C)ccc2C32OC(=O)c3ccccc32)c1. The number of hydrogen-bond donors (Lipinski definition) is 1. The molecule has 5 nitrogen and oxygen atoms in total. The van der Waals surface area contributed by atoms with Crippen molar-refractivity contribution in [2.45, 2.75) is 59.2 Å². The van der Waals surface area contributed by atoms with E-state index >= 15 is 0 Å². The van der Waals surface area contributed by atoms with Gasteiger partial charge >= 0.3 is 5.97 Å². The van der Waals surface area contributed by atoms with E-state index in [2.05, 4.69) is 94.2 Å². The number of rotatable bonds is 5. The number of aryl methyl sites for hydroxylation is 2. The molecule has 4 aromatic rings. The summed E-state index contributed by atoms with van der Waals surface area (Å²) in [5.41, 5.74) is 7.18. The summed E-state index contributed by atoms with van der Waals surface area (Å²) in [4.78, 5) is 15.7. The molecule has 1 unspecified atom stereocenters. The summed E-state index contributed by atoms with van der Waals surface area (Å²) in [5, 5.41) is 3.57. The van der Waals surface area contributed by atoms with E-state index in [9.17, 15) is 4.79 Å². The van der Waals surface area contributed by atoms with Crippen LogP contribution in [0.5, 0.6) is 11.5 Å². The molecule has 1 atom stereocenters. The molecular formula is C34H34N2O3. The zero-order valence-corrected chi connectivity index (χ0v) is 23.3. The molecule has 0 saturated carbocycles. The summed E-state index contributed by atoms with van der Waals surface area (Å²) in [6, 6.07) is 27.0. The van der Waals surface area contributed by atoms with Gasteiger partial charge in [0.15, 0.2) is 5.60 Å². The van der Waals surface area contributed by atoms with Gasteiger partial charge in [0, 0.05) is 51.9 Å². The number of anilines is 3. The molecule has 1 spiro atoms. The van der Waals surface area contributed by atoms with Crippen molar-refractivity contribution in [3.05, 3.63) is 112 Å². The summed E-state index contributed by atoms with van der Waals surface area (Å²) >= 11 is 0. The molecule has 0 radical (unpaired) electrons. The molecule has 39 heavy (non-hydrogen) atoms. The molecule has 0 bridgehead atoms. The van der Waals surface area contributed by atoms with E-state index in [1.54, 1.807) is 0 Å². The third-order valence-electron chi connectivity index (χ3n) is 7.75. The fraction of sp³-hybridized carbons (Fsp3) is 0.265. The summed E-state index contributed by atoms with van der Waals surface area (Å²) in [6.45, 7) is 12.9. The van der Waals surface area contributed by atoms with Gasteiger partial charge in [0.05, 0.1) is 5.56 Å². The molecule has 198 valence electrons. The van der Waals surface area contributed by atoms with Gasteiger partial charge in [0.1, 0.15) is 11.5 Å². The van der Waals surface area contributed by atoms with Crippen molar-refractivity contribution in [3.8, 4) is 11.5 Å². The van der Waals surface area contributed by atoms with E-state index in [0.29, 0.717) is 29.1 Å². The number of nitrogens with zero attached hydrogens (tertiary/aromatic N) is 1. The highest BCUT2D eigenvalue weighted by Gasteiger charge is 2.53. The second-order valence-electron chi connectivity index (χ2n) is 11.2. The molecule has 5 heteroatoms. The fourth-order valence-electron chi connectivity index (χ4n) is 6.17. The first kappa shape index (κ1) is 25.1. The van der Waals surface area contributed by atoms with Crippen molar-refractivity contribution in [1.29, 1.82) is 0 Å². The molecule has 0 saturated heterocycles. The minimum absolute atomic E-state index is 0.315. The predicted molar refractivity (Wildman–Crippen MR) is 157 cm³/mol. The quantitative estimate of drug-likeness (QED) is 0.270. The first-order valence-electron chi connectivity index (χ1n) is 13.6. The molecule has 0 aromatic heterocycles. The van der Waals surface area contributed by atoms with Crippen molar-refractivity contribution >= 4 is 23.0 Å². The third kappa shape index (κ3) is 3.95. The average Bonchev–Trinajstić information content (AvgIpc) is 3.17. The predicted octanol–water partition coefficient (Wildman–Crippen LogP) is 8.24. The molecule has 2 aliphatic heterocycles. The number of nitrogens with one attached hydrogen (secondary N) is 1. The Balaban J connectivity index is 1.57. The summed E-state index contributed by atoms with van der Waals surface area (Å²) in [5.74, 6) is 1.07. The van der Waals surface area contributed by atoms with Crippen molar-refractivity contribution in [2.75, 3.05) is 10.2 Å². The average molecular weight is 519 g/mol. The zero-order valence-electron chi connectivity index (χ0n) is 23.3. The van der Waals surface area contributed by atoms with Gasteiger partial charge in [-0.15, -0.1) is 0 Å². The summed E-state index contributed by atoms with van der Waals surface area (Å²) in [7, 11) is 0. The lowest BCUT2D eigenvalue weighted by Gasteiger charge is -2.39. The Morgan fingerprint density at radius 3 is 2.26 bits per heavy atom. The maximum atomic E-state index is 13.3. The lowest BCUT2D eigenvalue weighted by atomic mass is 9.77. The first-order valence-corrected chi connectivity index (χ1v) is 13.6. The number of benzene rings is 4. The van der Waals surface area contributed by atoms with Crippen LogP contribution in [-0.2, 0) is 10.3 Å². The van der Waals surface area contributed by atoms with Gasteiger partial charge in [-0.25, -0.2) is 4.79 Å². The Labute approximate surface area is 230 Å². The fourth-order valence-corrected chi connectivity index (χ4v) is 6.17. The summed E-state index contributed by atoms with van der Waals surface area (Å²) < 4.78 is 13.0. The summed E-state index contributed by atoms with van der Waals surface area (Å²) in [6.07, 6.45) is 0. The van der Waals surface area contributed by atoms with Gasteiger partial charge < -0.3 is 19.7 Å². The number of carbonyl (C=O) groups is 1. The van der Waals surface area contributed by atoms with E-state index in [1.807, 2.05) is 36.4 Å². The van der Waals surface area contributed by atoms with Crippen LogP contribution < -0.4 is 15.0 Å². The monoisotopic (exact) mass is 518 g/mol. The van der Waals surface area contributed by atoms with E-state index < -0.39 is 5.60 Å². The number of carbonyl (C=O) groups excluding carboxylic acids is 1. The molecule has 0 aliphatic carbocycles. The maximum absolute atomic E-state index is 13.3. The first-order chi connectivity index (χ1) is 18.7. The Kier molecular flexibility index (Phi) is 5.91. The largest absolute Gasteiger partial charge is 0.456 e. The van der Waals surface area contributed by atoms with Crippen LogP contribution in [0.25, 0.3) is 0 Å². The second-order valence-corrected chi connectivity index (χ2v) is 11.2. The van der Waals surface area contributed by atoms with Crippen molar-refractivity contribution in [3.63, 3.8) is 0 Å². The van der Waals surface area contributed by atoms with Crippen LogP contribution in [0.2, 0.25) is 0 Å². The Morgan fingerprint density at radius 2 is 1.51 bits per heavy atom. The van der Waals surface area contributed by atoms with Gasteiger partial charge in [-0.1, -0.05) is 30.3 Å². The van der Waals surface area contributed by atoms with Gasteiger partial charge in [0.2, 0.25) is 0 Å². The van der Waals surface area contributed by atoms with Crippen LogP contribution in [0.3, 0.4) is 0 Å². The lowest BCUT2D eigenvalue weighted by molar-refractivity contribution is 0.0224.